The molecule has 124 valence electrons. The molecule has 0 heterocycles. The van der Waals surface area contributed by atoms with Gasteiger partial charge < -0.3 is 5.11 Å². The third kappa shape index (κ3) is 18.4. The summed E-state index contributed by atoms with van der Waals surface area (Å²) in [6, 6.07) is 0. The number of aliphatic carboxylic acids is 1. The minimum absolute atomic E-state index is 0.262. The zero-order chi connectivity index (χ0) is 16.3. The highest BCUT2D eigenvalue weighted by Crippen LogP contribution is 2.01. The quantitative estimate of drug-likeness (QED) is 0.306. The molecule has 2 nitrogen and oxygen atoms in total. The van der Waals surface area contributed by atoms with E-state index in [1.54, 1.807) is 0 Å². The van der Waals surface area contributed by atoms with Crippen LogP contribution in [0, 0.1) is 0 Å². The Bertz CT molecular complexity index is 362. The van der Waals surface area contributed by atoms with Crippen LogP contribution in [0.5, 0.6) is 0 Å². The van der Waals surface area contributed by atoms with Crippen molar-refractivity contribution in [3.05, 3.63) is 48.6 Å². The number of hydrogen-bond acceptors (Lipinski definition) is 1. The van der Waals surface area contributed by atoms with Gasteiger partial charge in [0.1, 0.15) is 0 Å². The summed E-state index contributed by atoms with van der Waals surface area (Å²) in [5.74, 6) is -0.712. The van der Waals surface area contributed by atoms with Crippen LogP contribution in [0.25, 0.3) is 0 Å². The summed E-state index contributed by atoms with van der Waals surface area (Å²) >= 11 is 0. The summed E-state index contributed by atoms with van der Waals surface area (Å²) in [6.07, 6.45) is 27.3. The molecule has 0 saturated carbocycles. The Morgan fingerprint density at radius 2 is 1.18 bits per heavy atom. The van der Waals surface area contributed by atoms with Gasteiger partial charge in [-0.2, -0.15) is 0 Å². The highest BCUT2D eigenvalue weighted by Gasteiger charge is 1.92. The van der Waals surface area contributed by atoms with E-state index in [-0.39, 0.29) is 6.42 Å². The minimum Gasteiger partial charge on any atom is -0.481 e. The molecule has 0 spiro atoms. The predicted molar refractivity (Wildman–Crippen MR) is 96.0 cm³/mol. The van der Waals surface area contributed by atoms with E-state index in [4.69, 9.17) is 5.11 Å². The van der Waals surface area contributed by atoms with Crippen LogP contribution in [-0.4, -0.2) is 11.1 Å². The largest absolute Gasteiger partial charge is 0.481 e. The van der Waals surface area contributed by atoms with Gasteiger partial charge in [-0.3, -0.25) is 4.79 Å². The summed E-state index contributed by atoms with van der Waals surface area (Å²) in [6.45, 7) is 2.23. The van der Waals surface area contributed by atoms with Crippen LogP contribution in [-0.2, 0) is 4.79 Å². The van der Waals surface area contributed by atoms with Crippen molar-refractivity contribution in [1.82, 2.24) is 0 Å². The van der Waals surface area contributed by atoms with Gasteiger partial charge in [0.25, 0.3) is 0 Å². The van der Waals surface area contributed by atoms with Crippen LogP contribution in [0.15, 0.2) is 48.6 Å². The molecule has 0 atom stereocenters. The number of carboxylic acid groups (broad SMARTS) is 1. The van der Waals surface area contributed by atoms with Crippen molar-refractivity contribution in [2.24, 2.45) is 0 Å². The van der Waals surface area contributed by atoms with Crippen LogP contribution in [0.4, 0.5) is 0 Å². The van der Waals surface area contributed by atoms with Gasteiger partial charge >= 0.3 is 5.97 Å². The Labute approximate surface area is 136 Å². The second-order valence-corrected chi connectivity index (χ2v) is 5.37. The zero-order valence-electron chi connectivity index (χ0n) is 14.0. The lowest BCUT2D eigenvalue weighted by molar-refractivity contribution is -0.137. The van der Waals surface area contributed by atoms with Crippen LogP contribution in [0.2, 0.25) is 0 Å². The van der Waals surface area contributed by atoms with Crippen LogP contribution in [0.3, 0.4) is 0 Å². The number of carboxylic acids is 1. The maximum Gasteiger partial charge on any atom is 0.303 e. The maximum atomic E-state index is 10.3. The molecule has 0 aromatic carbocycles. The predicted octanol–water partition coefficient (Wildman–Crippen LogP) is 6.22. The maximum absolute atomic E-state index is 10.3. The Morgan fingerprint density at radius 3 is 1.64 bits per heavy atom. The molecule has 0 saturated heterocycles. The first-order valence-electron chi connectivity index (χ1n) is 8.59. The zero-order valence-corrected chi connectivity index (χ0v) is 14.0. The molecule has 2 heteroatoms. The highest BCUT2D eigenvalue weighted by atomic mass is 16.6. The van der Waals surface area contributed by atoms with Crippen molar-refractivity contribution >= 4 is 5.97 Å². The monoisotopic (exact) mass is 306 g/mol. The molecule has 0 rings (SSSR count). The van der Waals surface area contributed by atoms with Gasteiger partial charge in [0.15, 0.2) is 0 Å². The molecule has 0 aliphatic carbocycles. The first kappa shape index (κ1) is 20.4. The molecule has 0 aromatic rings. The Morgan fingerprint density at radius 1 is 0.727 bits per heavy atom. The molecule has 0 aliphatic rings. The molecule has 0 fully saturated rings. The van der Waals surface area contributed by atoms with Gasteiger partial charge in [-0.25, -0.2) is 0 Å². The number of unbranched alkanes of at least 4 members (excludes halogenated alkanes) is 4. The molecule has 0 radical (unpaired) electrons. The average molecular weight is 306 g/mol. The van der Waals surface area contributed by atoms with Crippen molar-refractivity contribution in [3.8, 4) is 0 Å². The van der Waals surface area contributed by atoms with E-state index in [1.165, 1.54) is 25.7 Å². The first-order valence-corrected chi connectivity index (χ1v) is 8.59. The first-order chi connectivity index (χ1) is 10.8. The number of rotatable bonds is 14. The van der Waals surface area contributed by atoms with Crippen molar-refractivity contribution < 1.29 is 9.90 Å². The average Bonchev–Trinajstić information content (AvgIpc) is 2.50. The molecule has 0 bridgehead atoms. The molecule has 0 aliphatic heterocycles. The lowest BCUT2D eigenvalue weighted by Crippen LogP contribution is -1.92. The van der Waals surface area contributed by atoms with Gasteiger partial charge in [-0.05, 0) is 44.9 Å². The molecule has 0 unspecified atom stereocenters. The molecular formula is C20H32O2. The molecule has 0 amide bonds. The minimum atomic E-state index is -0.712. The van der Waals surface area contributed by atoms with E-state index in [0.29, 0.717) is 0 Å². The molecule has 22 heavy (non-hydrogen) atoms. The van der Waals surface area contributed by atoms with Crippen LogP contribution in [0.1, 0.15) is 71.1 Å². The molecule has 1 N–H and O–H groups in total. The Hall–Kier alpha value is -1.57. The normalized spacial score (nSPS) is 12.4. The van der Waals surface area contributed by atoms with Crippen molar-refractivity contribution in [1.29, 1.82) is 0 Å². The van der Waals surface area contributed by atoms with Gasteiger partial charge in [0.05, 0.1) is 0 Å². The Kier molecular flexibility index (Phi) is 16.2. The fraction of sp³-hybridized carbons (Fsp3) is 0.550. The summed E-state index contributed by atoms with van der Waals surface area (Å²) in [7, 11) is 0. The lowest BCUT2D eigenvalue weighted by Gasteiger charge is -1.90. The third-order valence-electron chi connectivity index (χ3n) is 3.22. The smallest absolute Gasteiger partial charge is 0.303 e. The van der Waals surface area contributed by atoms with Crippen LogP contribution < -0.4 is 0 Å². The molecule has 0 aromatic heterocycles. The fourth-order valence-electron chi connectivity index (χ4n) is 1.93. The summed E-state index contributed by atoms with van der Waals surface area (Å²) < 4.78 is 0. The number of carbonyl (C=O) groups is 1. The second kappa shape index (κ2) is 17.5. The van der Waals surface area contributed by atoms with Crippen LogP contribution >= 0.6 is 0 Å². The third-order valence-corrected chi connectivity index (χ3v) is 3.22. The van der Waals surface area contributed by atoms with Gasteiger partial charge in [-0.15, -0.1) is 0 Å². The van der Waals surface area contributed by atoms with Crippen molar-refractivity contribution in [3.63, 3.8) is 0 Å². The van der Waals surface area contributed by atoms with Gasteiger partial charge in [-0.1, -0.05) is 68.4 Å². The lowest BCUT2D eigenvalue weighted by atomic mass is 10.2. The summed E-state index contributed by atoms with van der Waals surface area (Å²) in [4.78, 5) is 10.3. The summed E-state index contributed by atoms with van der Waals surface area (Å²) in [5.41, 5.74) is 0. The van der Waals surface area contributed by atoms with E-state index in [9.17, 15) is 4.79 Å². The number of hydrogen-bond donors (Lipinski definition) is 1. The van der Waals surface area contributed by atoms with E-state index < -0.39 is 5.97 Å². The van der Waals surface area contributed by atoms with Gasteiger partial charge in [0.2, 0.25) is 0 Å². The summed E-state index contributed by atoms with van der Waals surface area (Å²) in [5, 5.41) is 8.49. The van der Waals surface area contributed by atoms with Gasteiger partial charge in [0, 0.05) is 6.42 Å². The van der Waals surface area contributed by atoms with E-state index >= 15 is 0 Å². The Balaban J connectivity index is 3.40. The second-order valence-electron chi connectivity index (χ2n) is 5.37. The molecular weight excluding hydrogens is 274 g/mol. The fourth-order valence-corrected chi connectivity index (χ4v) is 1.93. The van der Waals surface area contributed by atoms with E-state index in [1.807, 2.05) is 0 Å². The standard InChI is InChI=1S/C20H32O2/c1-2-3-4-5-6-7-8-9-10-11-12-13-14-15-16-17-18-19-20(21)22/h6-7,9-10,12-13,15-16H,2-5,8,11,14,17-19H2,1H3,(H,21,22)/b7-6-,10-9-,13-12-,16-15-/i20+2. The highest BCUT2D eigenvalue weighted by molar-refractivity contribution is 5.66. The SMILES string of the molecule is CCCCC/C=C\C/C=C\C/C=C\C/C=C\CCC[14C](=O)O. The van der Waals surface area contributed by atoms with Crippen molar-refractivity contribution in [2.75, 3.05) is 0 Å². The topological polar surface area (TPSA) is 37.3 Å². The number of allylic oxidation sites excluding steroid dienone is 8. The van der Waals surface area contributed by atoms with E-state index in [2.05, 4.69) is 55.5 Å². The van der Waals surface area contributed by atoms with Crippen molar-refractivity contribution in [2.45, 2.75) is 71.1 Å². The van der Waals surface area contributed by atoms with E-state index in [0.717, 1.165) is 32.1 Å².